The van der Waals surface area contributed by atoms with Gasteiger partial charge in [0.15, 0.2) is 0 Å². The average molecular weight is 553 g/mol. The van der Waals surface area contributed by atoms with Crippen LogP contribution in [0.1, 0.15) is 5.56 Å². The van der Waals surface area contributed by atoms with Gasteiger partial charge in [-0.1, -0.05) is 66.7 Å². The minimum atomic E-state index is 0.900. The smallest absolute Gasteiger partial charge is 0.220 e. The van der Waals surface area contributed by atoms with Crippen molar-refractivity contribution in [2.75, 3.05) is 0 Å². The molecule has 0 fully saturated rings. The van der Waals surface area contributed by atoms with Gasteiger partial charge in [0.2, 0.25) is 5.78 Å². The number of aromatic nitrogens is 4. The number of para-hydroxylation sites is 6. The van der Waals surface area contributed by atoms with Crippen LogP contribution in [0.15, 0.2) is 132 Å². The molecular formula is C38H24N4O. The second kappa shape index (κ2) is 8.14. The van der Waals surface area contributed by atoms with Crippen LogP contribution in [0.3, 0.4) is 0 Å². The summed E-state index contributed by atoms with van der Waals surface area (Å²) in [5.74, 6) is 0.912. The summed E-state index contributed by atoms with van der Waals surface area (Å²) >= 11 is 0. The number of furan rings is 1. The first kappa shape index (κ1) is 22.8. The van der Waals surface area contributed by atoms with E-state index in [9.17, 15) is 0 Å². The lowest BCUT2D eigenvalue weighted by atomic mass is 10.1. The van der Waals surface area contributed by atoms with E-state index >= 15 is 0 Å². The molecular weight excluding hydrogens is 528 g/mol. The third-order valence-electron chi connectivity index (χ3n) is 8.96. The zero-order valence-electron chi connectivity index (χ0n) is 23.3. The van der Waals surface area contributed by atoms with Gasteiger partial charge in [0.1, 0.15) is 11.2 Å². The lowest BCUT2D eigenvalue weighted by Gasteiger charge is -2.10. The SMILES string of the molecule is Cc1cccc2c1oc1cccc(-n3c4ccccc4c4cc(-n5c6ccccc6n6c7ccccc7nc56)ccc43)c12. The van der Waals surface area contributed by atoms with E-state index in [1.807, 2.05) is 6.07 Å². The summed E-state index contributed by atoms with van der Waals surface area (Å²) in [4.78, 5) is 5.10. The van der Waals surface area contributed by atoms with Gasteiger partial charge in [0, 0.05) is 21.8 Å². The predicted octanol–water partition coefficient (Wildman–Crippen LogP) is 9.74. The van der Waals surface area contributed by atoms with E-state index in [2.05, 4.69) is 142 Å². The molecule has 0 saturated heterocycles. The van der Waals surface area contributed by atoms with Crippen molar-refractivity contribution in [2.45, 2.75) is 6.92 Å². The number of rotatable bonds is 2. The van der Waals surface area contributed by atoms with Crippen LogP contribution in [0.5, 0.6) is 0 Å². The normalized spacial score (nSPS) is 12.3. The first-order valence-electron chi connectivity index (χ1n) is 14.6. The van der Waals surface area contributed by atoms with Gasteiger partial charge < -0.3 is 8.98 Å². The average Bonchev–Trinajstić information content (AvgIpc) is 3.78. The summed E-state index contributed by atoms with van der Waals surface area (Å²) in [6.45, 7) is 2.11. The molecule has 0 aliphatic rings. The maximum Gasteiger partial charge on any atom is 0.220 e. The first-order valence-corrected chi connectivity index (χ1v) is 14.6. The van der Waals surface area contributed by atoms with E-state index in [4.69, 9.17) is 9.40 Å². The molecule has 0 aliphatic carbocycles. The molecule has 0 amide bonds. The summed E-state index contributed by atoms with van der Waals surface area (Å²) in [5.41, 5.74) is 11.9. The molecule has 0 aliphatic heterocycles. The fraction of sp³-hybridized carbons (Fsp3) is 0.0263. The molecule has 0 unspecified atom stereocenters. The zero-order valence-corrected chi connectivity index (χ0v) is 23.3. The molecule has 0 N–H and O–H groups in total. The van der Waals surface area contributed by atoms with Gasteiger partial charge in [-0.2, -0.15) is 0 Å². The quantitative estimate of drug-likeness (QED) is 0.214. The Morgan fingerprint density at radius 2 is 1.28 bits per heavy atom. The standard InChI is InChI=1S/C38H24N4O/c1-23-10-8-12-26-36-34(18-9-19-35(36)43-37(23)26)41-29-14-4-2-11-25(29)27-22-24(20-21-30(27)41)40-32-16-6-7-17-33(32)42-31-15-5-3-13-28(31)39-38(40)42/h2-22H,1H3. The first-order chi connectivity index (χ1) is 21.3. The van der Waals surface area contributed by atoms with E-state index < -0.39 is 0 Å². The molecule has 0 saturated carbocycles. The highest BCUT2D eigenvalue weighted by atomic mass is 16.3. The second-order valence-corrected chi connectivity index (χ2v) is 11.3. The maximum atomic E-state index is 6.39. The number of nitrogens with zero attached hydrogens (tertiary/aromatic N) is 4. The van der Waals surface area contributed by atoms with Gasteiger partial charge in [-0.05, 0) is 73.2 Å². The highest BCUT2D eigenvalue weighted by Gasteiger charge is 2.21. The van der Waals surface area contributed by atoms with Crippen molar-refractivity contribution in [3.63, 3.8) is 0 Å². The number of aryl methyl sites for hydroxylation is 1. The number of fused-ring (bicyclic) bond motifs is 11. The van der Waals surface area contributed by atoms with Crippen LogP contribution in [-0.4, -0.2) is 18.5 Å². The van der Waals surface area contributed by atoms with Crippen LogP contribution >= 0.6 is 0 Å². The molecule has 0 atom stereocenters. The number of benzene rings is 6. The van der Waals surface area contributed by atoms with Gasteiger partial charge in [0.25, 0.3) is 0 Å². The number of imidazole rings is 2. The monoisotopic (exact) mass is 552 g/mol. The zero-order chi connectivity index (χ0) is 28.2. The van der Waals surface area contributed by atoms with E-state index in [0.717, 1.165) is 72.2 Å². The Labute approximate surface area is 245 Å². The van der Waals surface area contributed by atoms with Crippen molar-refractivity contribution in [3.8, 4) is 11.4 Å². The lowest BCUT2D eigenvalue weighted by Crippen LogP contribution is -1.97. The third-order valence-corrected chi connectivity index (χ3v) is 8.96. The molecule has 10 aromatic rings. The van der Waals surface area contributed by atoms with E-state index in [-0.39, 0.29) is 0 Å². The molecule has 43 heavy (non-hydrogen) atoms. The Kier molecular flexibility index (Phi) is 4.32. The van der Waals surface area contributed by atoms with E-state index in [0.29, 0.717) is 0 Å². The second-order valence-electron chi connectivity index (χ2n) is 11.3. The largest absolute Gasteiger partial charge is 0.456 e. The molecule has 0 spiro atoms. The maximum absolute atomic E-state index is 6.39. The minimum Gasteiger partial charge on any atom is -0.456 e. The van der Waals surface area contributed by atoms with Gasteiger partial charge in [-0.3, -0.25) is 8.97 Å². The highest BCUT2D eigenvalue weighted by molar-refractivity contribution is 6.15. The van der Waals surface area contributed by atoms with Crippen LogP contribution in [0.2, 0.25) is 0 Å². The molecule has 202 valence electrons. The molecule has 5 nitrogen and oxygen atoms in total. The lowest BCUT2D eigenvalue weighted by molar-refractivity contribution is 0.665. The Morgan fingerprint density at radius 1 is 0.558 bits per heavy atom. The van der Waals surface area contributed by atoms with Crippen molar-refractivity contribution in [2.24, 2.45) is 0 Å². The van der Waals surface area contributed by atoms with Crippen LogP contribution in [0, 0.1) is 6.92 Å². The van der Waals surface area contributed by atoms with Crippen molar-refractivity contribution < 1.29 is 4.42 Å². The molecule has 5 heteroatoms. The van der Waals surface area contributed by atoms with Crippen molar-refractivity contribution >= 4 is 71.6 Å². The molecule has 6 aromatic carbocycles. The highest BCUT2D eigenvalue weighted by Crippen LogP contribution is 2.40. The Bertz CT molecular complexity index is 2750. The van der Waals surface area contributed by atoms with Gasteiger partial charge in [-0.25, -0.2) is 4.98 Å². The Balaban J connectivity index is 1.31. The number of hydrogen-bond acceptors (Lipinski definition) is 2. The van der Waals surface area contributed by atoms with Gasteiger partial charge >= 0.3 is 0 Å². The van der Waals surface area contributed by atoms with Crippen molar-refractivity contribution in [1.29, 1.82) is 0 Å². The van der Waals surface area contributed by atoms with E-state index in [1.165, 1.54) is 16.3 Å². The summed E-state index contributed by atoms with van der Waals surface area (Å²) in [7, 11) is 0. The summed E-state index contributed by atoms with van der Waals surface area (Å²) in [5, 5.41) is 4.68. The molecule has 0 radical (unpaired) electrons. The fourth-order valence-electron chi connectivity index (χ4n) is 7.12. The summed E-state index contributed by atoms with van der Waals surface area (Å²) in [6.07, 6.45) is 0. The van der Waals surface area contributed by atoms with Crippen molar-refractivity contribution in [1.82, 2.24) is 18.5 Å². The topological polar surface area (TPSA) is 40.3 Å². The van der Waals surface area contributed by atoms with Crippen LogP contribution in [-0.2, 0) is 0 Å². The molecule has 0 bridgehead atoms. The summed E-state index contributed by atoms with van der Waals surface area (Å²) in [6, 6.07) is 45.1. The molecule has 4 heterocycles. The predicted molar refractivity (Wildman–Crippen MR) is 176 cm³/mol. The van der Waals surface area contributed by atoms with Crippen LogP contribution < -0.4 is 0 Å². The number of hydrogen-bond donors (Lipinski definition) is 0. The Morgan fingerprint density at radius 3 is 2.19 bits per heavy atom. The van der Waals surface area contributed by atoms with E-state index in [1.54, 1.807) is 0 Å². The summed E-state index contributed by atoms with van der Waals surface area (Å²) < 4.78 is 13.3. The van der Waals surface area contributed by atoms with Crippen LogP contribution in [0.4, 0.5) is 0 Å². The van der Waals surface area contributed by atoms with Crippen LogP contribution in [0.25, 0.3) is 83.0 Å². The minimum absolute atomic E-state index is 0.900. The van der Waals surface area contributed by atoms with Gasteiger partial charge in [-0.15, -0.1) is 0 Å². The molecule has 10 rings (SSSR count). The fourth-order valence-corrected chi connectivity index (χ4v) is 7.12. The van der Waals surface area contributed by atoms with Gasteiger partial charge in [0.05, 0.1) is 44.2 Å². The molecule has 4 aromatic heterocycles. The Hall–Kier alpha value is -5.81. The third kappa shape index (κ3) is 2.93. The van der Waals surface area contributed by atoms with Crippen molar-refractivity contribution in [3.05, 3.63) is 133 Å².